The minimum Gasteiger partial charge on any atom is -0.465 e. The first kappa shape index (κ1) is 13.4. The van der Waals surface area contributed by atoms with E-state index in [0.717, 1.165) is 5.69 Å². The Kier molecular flexibility index (Phi) is 3.87. The predicted molar refractivity (Wildman–Crippen MR) is 76.6 cm³/mol. The van der Waals surface area contributed by atoms with Crippen LogP contribution in [0.1, 0.15) is 15.9 Å². The maximum Gasteiger partial charge on any atom is 0.337 e. The second kappa shape index (κ2) is 5.76. The molecule has 2 rings (SSSR count). The SMILES string of the molecule is COC(=O)c1ccc(N)c(Nc2cccc(C#N)c2)c1. The van der Waals surface area contributed by atoms with Gasteiger partial charge in [-0.25, -0.2) is 4.79 Å². The molecule has 3 N–H and O–H groups in total. The van der Waals surface area contributed by atoms with Gasteiger partial charge in [0.05, 0.1) is 35.7 Å². The Balaban J connectivity index is 2.33. The Hall–Kier alpha value is -3.00. The van der Waals surface area contributed by atoms with Crippen LogP contribution in [0.25, 0.3) is 0 Å². The van der Waals surface area contributed by atoms with E-state index in [0.29, 0.717) is 22.5 Å². The minimum absolute atomic E-state index is 0.403. The molecule has 20 heavy (non-hydrogen) atoms. The van der Waals surface area contributed by atoms with Gasteiger partial charge in [0.1, 0.15) is 0 Å². The summed E-state index contributed by atoms with van der Waals surface area (Å²) < 4.78 is 4.67. The summed E-state index contributed by atoms with van der Waals surface area (Å²) in [5.74, 6) is -0.432. The van der Waals surface area contributed by atoms with Crippen LogP contribution in [0.15, 0.2) is 42.5 Å². The van der Waals surface area contributed by atoms with Gasteiger partial charge in [0.25, 0.3) is 0 Å². The first-order chi connectivity index (χ1) is 9.63. The summed E-state index contributed by atoms with van der Waals surface area (Å²) in [5.41, 5.74) is 8.62. The fraction of sp³-hybridized carbons (Fsp3) is 0.0667. The molecule has 0 aromatic heterocycles. The molecule has 0 heterocycles. The normalized spacial score (nSPS) is 9.60. The van der Waals surface area contributed by atoms with Crippen molar-refractivity contribution < 1.29 is 9.53 Å². The van der Waals surface area contributed by atoms with Crippen LogP contribution in [0, 0.1) is 11.3 Å². The summed E-state index contributed by atoms with van der Waals surface area (Å²) in [6.45, 7) is 0. The molecule has 0 spiro atoms. The zero-order chi connectivity index (χ0) is 14.5. The number of methoxy groups -OCH3 is 1. The van der Waals surface area contributed by atoms with E-state index in [1.54, 1.807) is 36.4 Å². The third-order valence-corrected chi connectivity index (χ3v) is 2.75. The second-order valence-corrected chi connectivity index (χ2v) is 4.11. The van der Waals surface area contributed by atoms with Gasteiger partial charge < -0.3 is 15.8 Å². The molecule has 0 aliphatic carbocycles. The molecule has 0 unspecified atom stereocenters. The largest absolute Gasteiger partial charge is 0.465 e. The highest BCUT2D eigenvalue weighted by atomic mass is 16.5. The average molecular weight is 267 g/mol. The van der Waals surface area contributed by atoms with Crippen LogP contribution in [-0.4, -0.2) is 13.1 Å². The van der Waals surface area contributed by atoms with Gasteiger partial charge in [0, 0.05) is 5.69 Å². The van der Waals surface area contributed by atoms with Gasteiger partial charge in [-0.3, -0.25) is 0 Å². The van der Waals surface area contributed by atoms with Crippen LogP contribution < -0.4 is 11.1 Å². The van der Waals surface area contributed by atoms with Crippen LogP contribution in [0.2, 0.25) is 0 Å². The highest BCUT2D eigenvalue weighted by Gasteiger charge is 2.08. The molecule has 0 saturated heterocycles. The first-order valence-electron chi connectivity index (χ1n) is 5.89. The minimum atomic E-state index is -0.432. The van der Waals surface area contributed by atoms with Gasteiger partial charge in [-0.1, -0.05) is 6.07 Å². The first-order valence-corrected chi connectivity index (χ1v) is 5.89. The van der Waals surface area contributed by atoms with Crippen molar-refractivity contribution in [3.8, 4) is 6.07 Å². The van der Waals surface area contributed by atoms with E-state index >= 15 is 0 Å². The molecule has 0 aliphatic rings. The van der Waals surface area contributed by atoms with Crippen LogP contribution in [-0.2, 0) is 4.74 Å². The van der Waals surface area contributed by atoms with Crippen molar-refractivity contribution in [2.24, 2.45) is 0 Å². The van der Waals surface area contributed by atoms with Gasteiger partial charge in [-0.05, 0) is 36.4 Å². The van der Waals surface area contributed by atoms with Crippen LogP contribution in [0.5, 0.6) is 0 Å². The molecular weight excluding hydrogens is 254 g/mol. The van der Waals surface area contributed by atoms with Crippen LogP contribution >= 0.6 is 0 Å². The molecule has 0 atom stereocenters. The van der Waals surface area contributed by atoms with Crippen LogP contribution in [0.3, 0.4) is 0 Å². The zero-order valence-electron chi connectivity index (χ0n) is 10.9. The third kappa shape index (κ3) is 2.87. The molecule has 5 heteroatoms. The third-order valence-electron chi connectivity index (χ3n) is 2.75. The monoisotopic (exact) mass is 267 g/mol. The number of carbonyl (C=O) groups is 1. The van der Waals surface area contributed by atoms with E-state index in [1.807, 2.05) is 6.07 Å². The highest BCUT2D eigenvalue weighted by molar-refractivity contribution is 5.92. The molecule has 5 nitrogen and oxygen atoms in total. The molecule has 100 valence electrons. The number of esters is 1. The summed E-state index contributed by atoms with van der Waals surface area (Å²) in [4.78, 5) is 11.5. The quantitative estimate of drug-likeness (QED) is 0.659. The lowest BCUT2D eigenvalue weighted by atomic mass is 10.1. The topological polar surface area (TPSA) is 88.1 Å². The number of nitrogens with two attached hydrogens (primary N) is 1. The highest BCUT2D eigenvalue weighted by Crippen LogP contribution is 2.25. The summed E-state index contributed by atoms with van der Waals surface area (Å²) in [7, 11) is 1.32. The van der Waals surface area contributed by atoms with Gasteiger partial charge in [0.15, 0.2) is 0 Å². The number of anilines is 3. The molecule has 0 fully saturated rings. The van der Waals surface area contributed by atoms with Crippen molar-refractivity contribution in [2.45, 2.75) is 0 Å². The Morgan fingerprint density at radius 3 is 2.80 bits per heavy atom. The fourth-order valence-electron chi connectivity index (χ4n) is 1.73. The fourth-order valence-corrected chi connectivity index (χ4v) is 1.73. The number of benzene rings is 2. The number of rotatable bonds is 3. The number of nitriles is 1. The summed E-state index contributed by atoms with van der Waals surface area (Å²) in [6, 6.07) is 13.9. The van der Waals surface area contributed by atoms with Crippen molar-refractivity contribution in [3.05, 3.63) is 53.6 Å². The van der Waals surface area contributed by atoms with E-state index in [4.69, 9.17) is 11.0 Å². The lowest BCUT2D eigenvalue weighted by molar-refractivity contribution is 0.0601. The number of nitrogens with one attached hydrogen (secondary N) is 1. The van der Waals surface area contributed by atoms with E-state index in [-0.39, 0.29) is 0 Å². The predicted octanol–water partition coefficient (Wildman–Crippen LogP) is 2.67. The van der Waals surface area contributed by atoms with Gasteiger partial charge in [-0.2, -0.15) is 5.26 Å². The number of nitrogens with zero attached hydrogens (tertiary/aromatic N) is 1. The molecule has 0 bridgehead atoms. The number of carbonyl (C=O) groups excluding carboxylic acids is 1. The molecular formula is C15H13N3O2. The lowest BCUT2D eigenvalue weighted by Gasteiger charge is -2.11. The van der Waals surface area contributed by atoms with E-state index in [1.165, 1.54) is 7.11 Å². The molecule has 0 saturated carbocycles. The second-order valence-electron chi connectivity index (χ2n) is 4.11. The Labute approximate surface area is 116 Å². The standard InChI is InChI=1S/C15H13N3O2/c1-20-15(19)11-5-6-13(17)14(8-11)18-12-4-2-3-10(7-12)9-16/h2-8,18H,17H2,1H3. The van der Waals surface area contributed by atoms with Crippen molar-refractivity contribution in [1.82, 2.24) is 0 Å². The van der Waals surface area contributed by atoms with Gasteiger partial charge in [0.2, 0.25) is 0 Å². The number of hydrogen-bond donors (Lipinski definition) is 2. The maximum absolute atomic E-state index is 11.5. The summed E-state index contributed by atoms with van der Waals surface area (Å²) >= 11 is 0. The van der Waals surface area contributed by atoms with E-state index in [2.05, 4.69) is 16.1 Å². The Bertz CT molecular complexity index is 690. The zero-order valence-corrected chi connectivity index (χ0v) is 10.9. The average Bonchev–Trinajstić information content (AvgIpc) is 2.49. The van der Waals surface area contributed by atoms with Gasteiger partial charge in [-0.15, -0.1) is 0 Å². The van der Waals surface area contributed by atoms with Crippen molar-refractivity contribution in [3.63, 3.8) is 0 Å². The molecule has 0 aliphatic heterocycles. The molecule has 0 amide bonds. The molecule has 0 radical (unpaired) electrons. The number of nitrogen functional groups attached to an aromatic ring is 1. The summed E-state index contributed by atoms with van der Waals surface area (Å²) in [5, 5.41) is 12.0. The van der Waals surface area contributed by atoms with Crippen molar-refractivity contribution >= 4 is 23.0 Å². The Morgan fingerprint density at radius 1 is 1.30 bits per heavy atom. The maximum atomic E-state index is 11.5. The Morgan fingerprint density at radius 2 is 2.10 bits per heavy atom. The number of ether oxygens (including phenoxy) is 1. The van der Waals surface area contributed by atoms with Crippen molar-refractivity contribution in [1.29, 1.82) is 5.26 Å². The smallest absolute Gasteiger partial charge is 0.337 e. The van der Waals surface area contributed by atoms with E-state index in [9.17, 15) is 4.79 Å². The lowest BCUT2D eigenvalue weighted by Crippen LogP contribution is -2.04. The molecule has 2 aromatic carbocycles. The number of hydrogen-bond acceptors (Lipinski definition) is 5. The van der Waals surface area contributed by atoms with Crippen LogP contribution in [0.4, 0.5) is 17.1 Å². The van der Waals surface area contributed by atoms with Crippen molar-refractivity contribution in [2.75, 3.05) is 18.2 Å². The molecule has 2 aromatic rings. The van der Waals surface area contributed by atoms with E-state index < -0.39 is 5.97 Å². The summed E-state index contributed by atoms with van der Waals surface area (Å²) in [6.07, 6.45) is 0. The van der Waals surface area contributed by atoms with Gasteiger partial charge >= 0.3 is 5.97 Å².